The average molecular weight is 280 g/mol. The molecule has 3 saturated carbocycles. The van der Waals surface area contributed by atoms with Gasteiger partial charge in [0.1, 0.15) is 0 Å². The Morgan fingerprint density at radius 3 is 2.10 bits per heavy atom. The molecule has 0 aliphatic heterocycles. The summed E-state index contributed by atoms with van der Waals surface area (Å²) in [5, 5.41) is 15.2. The standard InChI is InChI=1S/C15H24N2O3/c18-12(19)9-15(7-1-2-8-15)17-14(20)16-13(10-3-4-10)11-5-6-11/h10-11,13H,1-9H2,(H,18,19)(H2,16,17,20). The molecule has 112 valence electrons. The van der Waals surface area contributed by atoms with Gasteiger partial charge in [-0.2, -0.15) is 0 Å². The number of amides is 2. The van der Waals surface area contributed by atoms with Crippen LogP contribution in [0.1, 0.15) is 57.8 Å². The maximum absolute atomic E-state index is 12.2. The number of carboxylic acids is 1. The number of urea groups is 1. The summed E-state index contributed by atoms with van der Waals surface area (Å²) in [6, 6.07) is 0.162. The van der Waals surface area contributed by atoms with Gasteiger partial charge in [0.2, 0.25) is 0 Å². The molecule has 0 spiro atoms. The summed E-state index contributed by atoms with van der Waals surface area (Å²) in [7, 11) is 0. The SMILES string of the molecule is O=C(O)CC1(NC(=O)NC(C2CC2)C2CC2)CCCC1. The van der Waals surface area contributed by atoms with Crippen LogP contribution in [-0.4, -0.2) is 28.7 Å². The first-order valence-corrected chi connectivity index (χ1v) is 7.88. The predicted octanol–water partition coefficient (Wildman–Crippen LogP) is 2.26. The lowest BCUT2D eigenvalue weighted by Crippen LogP contribution is -2.54. The highest BCUT2D eigenvalue weighted by Gasteiger charge is 2.43. The third kappa shape index (κ3) is 3.25. The molecule has 3 fully saturated rings. The van der Waals surface area contributed by atoms with Crippen LogP contribution in [-0.2, 0) is 4.79 Å². The van der Waals surface area contributed by atoms with Gasteiger partial charge in [0.15, 0.2) is 0 Å². The molecule has 3 aliphatic carbocycles. The van der Waals surface area contributed by atoms with Crippen LogP contribution in [0.2, 0.25) is 0 Å². The summed E-state index contributed by atoms with van der Waals surface area (Å²) in [5.74, 6) is 0.493. The van der Waals surface area contributed by atoms with Gasteiger partial charge < -0.3 is 15.7 Å². The van der Waals surface area contributed by atoms with Crippen molar-refractivity contribution in [1.29, 1.82) is 0 Å². The Hall–Kier alpha value is -1.26. The molecule has 5 nitrogen and oxygen atoms in total. The Bertz CT molecular complexity index is 384. The molecule has 0 aromatic carbocycles. The number of carbonyl (C=O) groups is 2. The number of hydrogen-bond donors (Lipinski definition) is 3. The molecule has 0 radical (unpaired) electrons. The van der Waals surface area contributed by atoms with Crippen LogP contribution >= 0.6 is 0 Å². The number of aliphatic carboxylic acids is 1. The topological polar surface area (TPSA) is 78.4 Å². The van der Waals surface area contributed by atoms with Gasteiger partial charge in [-0.25, -0.2) is 4.79 Å². The van der Waals surface area contributed by atoms with E-state index in [-0.39, 0.29) is 12.5 Å². The summed E-state index contributed by atoms with van der Waals surface area (Å²) in [6.07, 6.45) is 8.50. The largest absolute Gasteiger partial charge is 0.481 e. The zero-order valence-corrected chi connectivity index (χ0v) is 11.9. The molecule has 3 rings (SSSR count). The summed E-state index contributed by atoms with van der Waals surface area (Å²) in [5.41, 5.74) is -0.520. The molecule has 5 heteroatoms. The Labute approximate surface area is 119 Å². The molecule has 3 aliphatic rings. The van der Waals surface area contributed by atoms with E-state index in [2.05, 4.69) is 10.6 Å². The minimum absolute atomic E-state index is 0.0396. The van der Waals surface area contributed by atoms with Crippen molar-refractivity contribution >= 4 is 12.0 Å². The molecule has 0 bridgehead atoms. The van der Waals surface area contributed by atoms with Gasteiger partial charge >= 0.3 is 12.0 Å². The summed E-state index contributed by atoms with van der Waals surface area (Å²) >= 11 is 0. The number of nitrogens with one attached hydrogen (secondary N) is 2. The predicted molar refractivity (Wildman–Crippen MR) is 74.4 cm³/mol. The van der Waals surface area contributed by atoms with E-state index in [1.54, 1.807) is 0 Å². The van der Waals surface area contributed by atoms with Gasteiger partial charge in [-0.1, -0.05) is 12.8 Å². The molecular weight excluding hydrogens is 256 g/mol. The molecule has 0 unspecified atom stereocenters. The highest BCUT2D eigenvalue weighted by atomic mass is 16.4. The zero-order valence-electron chi connectivity index (χ0n) is 11.9. The van der Waals surface area contributed by atoms with Crippen molar-refractivity contribution in [2.24, 2.45) is 11.8 Å². The van der Waals surface area contributed by atoms with Crippen LogP contribution in [0.3, 0.4) is 0 Å². The first kappa shape index (κ1) is 13.7. The number of carboxylic acid groups (broad SMARTS) is 1. The zero-order chi connectivity index (χ0) is 14.2. The fourth-order valence-corrected chi connectivity index (χ4v) is 3.65. The van der Waals surface area contributed by atoms with Crippen molar-refractivity contribution in [3.8, 4) is 0 Å². The first-order chi connectivity index (χ1) is 9.58. The van der Waals surface area contributed by atoms with Crippen LogP contribution < -0.4 is 10.6 Å². The summed E-state index contributed by atoms with van der Waals surface area (Å²) in [6.45, 7) is 0. The van der Waals surface area contributed by atoms with Gasteiger partial charge in [0.05, 0.1) is 12.0 Å². The molecule has 3 N–H and O–H groups in total. The highest BCUT2D eigenvalue weighted by Crippen LogP contribution is 2.44. The highest BCUT2D eigenvalue weighted by molar-refractivity contribution is 5.77. The molecule has 0 heterocycles. The number of carbonyl (C=O) groups excluding carboxylic acids is 1. The fraction of sp³-hybridized carbons (Fsp3) is 0.867. The monoisotopic (exact) mass is 280 g/mol. The van der Waals surface area contributed by atoms with Crippen LogP contribution in [0.5, 0.6) is 0 Å². The molecule has 0 aromatic heterocycles. The maximum Gasteiger partial charge on any atom is 0.315 e. The van der Waals surface area contributed by atoms with Crippen molar-refractivity contribution in [2.45, 2.75) is 69.4 Å². The first-order valence-electron chi connectivity index (χ1n) is 7.88. The minimum atomic E-state index is -0.826. The van der Waals surface area contributed by atoms with Crippen LogP contribution in [0.4, 0.5) is 4.79 Å². The second-order valence-corrected chi connectivity index (χ2v) is 6.86. The second kappa shape index (κ2) is 5.26. The molecule has 20 heavy (non-hydrogen) atoms. The molecule has 0 atom stereocenters. The molecule has 2 amide bonds. The van der Waals surface area contributed by atoms with Crippen LogP contribution in [0.25, 0.3) is 0 Å². The fourth-order valence-electron chi connectivity index (χ4n) is 3.65. The van der Waals surface area contributed by atoms with Gasteiger partial charge in [-0.15, -0.1) is 0 Å². The quantitative estimate of drug-likeness (QED) is 0.698. The van der Waals surface area contributed by atoms with Crippen molar-refractivity contribution in [2.75, 3.05) is 0 Å². The van der Waals surface area contributed by atoms with E-state index in [4.69, 9.17) is 5.11 Å². The van der Waals surface area contributed by atoms with E-state index >= 15 is 0 Å². The Balaban J connectivity index is 1.57. The van der Waals surface area contributed by atoms with Crippen molar-refractivity contribution < 1.29 is 14.7 Å². The summed E-state index contributed by atoms with van der Waals surface area (Å²) in [4.78, 5) is 23.3. The van der Waals surface area contributed by atoms with E-state index in [0.717, 1.165) is 25.7 Å². The maximum atomic E-state index is 12.2. The third-order valence-electron chi connectivity index (χ3n) is 4.99. The minimum Gasteiger partial charge on any atom is -0.481 e. The van der Waals surface area contributed by atoms with E-state index in [1.807, 2.05) is 0 Å². The smallest absolute Gasteiger partial charge is 0.315 e. The van der Waals surface area contributed by atoms with Crippen LogP contribution in [0.15, 0.2) is 0 Å². The lowest BCUT2D eigenvalue weighted by Gasteiger charge is -2.30. The summed E-state index contributed by atoms with van der Waals surface area (Å²) < 4.78 is 0. The Morgan fingerprint density at radius 2 is 1.65 bits per heavy atom. The van der Waals surface area contributed by atoms with Crippen molar-refractivity contribution in [3.63, 3.8) is 0 Å². The lowest BCUT2D eigenvalue weighted by molar-refractivity contribution is -0.138. The van der Waals surface area contributed by atoms with Gasteiger partial charge in [-0.3, -0.25) is 4.79 Å². The molecular formula is C15H24N2O3. The van der Waals surface area contributed by atoms with E-state index in [0.29, 0.717) is 17.9 Å². The van der Waals surface area contributed by atoms with E-state index in [9.17, 15) is 9.59 Å². The van der Waals surface area contributed by atoms with Crippen LogP contribution in [0, 0.1) is 11.8 Å². The van der Waals surface area contributed by atoms with E-state index in [1.165, 1.54) is 25.7 Å². The molecule has 0 saturated heterocycles. The van der Waals surface area contributed by atoms with E-state index < -0.39 is 11.5 Å². The molecule has 0 aromatic rings. The van der Waals surface area contributed by atoms with Crippen molar-refractivity contribution in [3.05, 3.63) is 0 Å². The number of hydrogen-bond acceptors (Lipinski definition) is 2. The van der Waals surface area contributed by atoms with Gasteiger partial charge in [0, 0.05) is 6.04 Å². The lowest BCUT2D eigenvalue weighted by atomic mass is 9.93. The average Bonchev–Trinajstić information content (AvgIpc) is 3.26. The Kier molecular flexibility index (Phi) is 3.61. The Morgan fingerprint density at radius 1 is 1.10 bits per heavy atom. The van der Waals surface area contributed by atoms with Gasteiger partial charge in [-0.05, 0) is 50.4 Å². The second-order valence-electron chi connectivity index (χ2n) is 6.86. The normalized spacial score (nSPS) is 24.6. The third-order valence-corrected chi connectivity index (χ3v) is 4.99. The number of rotatable bonds is 6. The van der Waals surface area contributed by atoms with Crippen molar-refractivity contribution in [1.82, 2.24) is 10.6 Å². The van der Waals surface area contributed by atoms with Gasteiger partial charge in [0.25, 0.3) is 0 Å².